The van der Waals surface area contributed by atoms with Crippen molar-refractivity contribution < 1.29 is 4.74 Å². The highest BCUT2D eigenvalue weighted by Crippen LogP contribution is 2.21. The van der Waals surface area contributed by atoms with Crippen LogP contribution in [-0.4, -0.2) is 41.8 Å². The van der Waals surface area contributed by atoms with Crippen molar-refractivity contribution in [3.8, 4) is 0 Å². The van der Waals surface area contributed by atoms with Crippen LogP contribution in [0, 0.1) is 5.92 Å². The topological polar surface area (TPSA) is 64.3 Å². The first-order valence-corrected chi connectivity index (χ1v) is 5.97. The van der Waals surface area contributed by atoms with Crippen LogP contribution in [-0.2, 0) is 4.74 Å². The Balaban J connectivity index is 2.01. The molecule has 0 radical (unpaired) electrons. The Kier molecular flexibility index (Phi) is 3.86. The van der Waals surface area contributed by atoms with Crippen LogP contribution in [0.5, 0.6) is 0 Å². The van der Waals surface area contributed by atoms with E-state index < -0.39 is 0 Å². The summed E-state index contributed by atoms with van der Waals surface area (Å²) < 4.78 is 5.16. The second-order valence-corrected chi connectivity index (χ2v) is 4.62. The lowest BCUT2D eigenvalue weighted by molar-refractivity contribution is 0.161. The van der Waals surface area contributed by atoms with Crippen LogP contribution in [0.25, 0.3) is 0 Å². The van der Waals surface area contributed by atoms with Gasteiger partial charge in [0.2, 0.25) is 0 Å². The molecule has 17 heavy (non-hydrogen) atoms. The summed E-state index contributed by atoms with van der Waals surface area (Å²) in [6.45, 7) is 2.76. The molecule has 1 aromatic heterocycles. The number of hydrogen-bond acceptors (Lipinski definition) is 5. The molecular weight excluding hydrogens is 236 g/mol. The van der Waals surface area contributed by atoms with Crippen molar-refractivity contribution in [2.24, 2.45) is 11.7 Å². The summed E-state index contributed by atoms with van der Waals surface area (Å²) in [5.41, 5.74) is 6.04. The molecule has 1 aliphatic rings. The third-order valence-electron chi connectivity index (χ3n) is 2.90. The standard InChI is InChI=1S/C11H16N4OS/c1-16-7-8-2-3-15(6-8)10-5-13-9(4-14-10)11(12)17/h4-5,8H,2-3,6-7H2,1H3,(H2,12,17). The fraction of sp³-hybridized carbons (Fsp3) is 0.545. The number of rotatable bonds is 4. The van der Waals surface area contributed by atoms with E-state index >= 15 is 0 Å². The van der Waals surface area contributed by atoms with Gasteiger partial charge in [0.1, 0.15) is 16.5 Å². The van der Waals surface area contributed by atoms with Crippen LogP contribution in [0.2, 0.25) is 0 Å². The summed E-state index contributed by atoms with van der Waals surface area (Å²) in [6.07, 6.45) is 4.48. The lowest BCUT2D eigenvalue weighted by Crippen LogP contribution is -2.22. The van der Waals surface area contributed by atoms with E-state index in [1.807, 2.05) is 0 Å². The predicted octanol–water partition coefficient (Wildman–Crippen LogP) is 0.584. The Morgan fingerprint density at radius 2 is 2.41 bits per heavy atom. The smallest absolute Gasteiger partial charge is 0.147 e. The molecule has 92 valence electrons. The fourth-order valence-corrected chi connectivity index (χ4v) is 2.13. The van der Waals surface area contributed by atoms with E-state index in [1.165, 1.54) is 0 Å². The molecule has 2 heterocycles. The first kappa shape index (κ1) is 12.2. The number of nitrogens with zero attached hydrogens (tertiary/aromatic N) is 3. The van der Waals surface area contributed by atoms with Crippen LogP contribution < -0.4 is 10.6 Å². The van der Waals surface area contributed by atoms with Crippen molar-refractivity contribution >= 4 is 23.0 Å². The van der Waals surface area contributed by atoms with Crippen molar-refractivity contribution in [3.63, 3.8) is 0 Å². The van der Waals surface area contributed by atoms with E-state index in [0.29, 0.717) is 11.6 Å². The molecule has 2 N–H and O–H groups in total. The number of methoxy groups -OCH3 is 1. The van der Waals surface area contributed by atoms with E-state index in [2.05, 4.69) is 14.9 Å². The molecule has 0 saturated carbocycles. The van der Waals surface area contributed by atoms with Gasteiger partial charge >= 0.3 is 0 Å². The first-order valence-electron chi connectivity index (χ1n) is 5.56. The number of aromatic nitrogens is 2. The largest absolute Gasteiger partial charge is 0.388 e. The quantitative estimate of drug-likeness (QED) is 0.791. The molecule has 5 nitrogen and oxygen atoms in total. The molecule has 0 spiro atoms. The fourth-order valence-electron chi connectivity index (χ4n) is 2.02. The number of anilines is 1. The van der Waals surface area contributed by atoms with Crippen molar-refractivity contribution in [3.05, 3.63) is 18.1 Å². The molecule has 1 atom stereocenters. The zero-order chi connectivity index (χ0) is 12.3. The third-order valence-corrected chi connectivity index (χ3v) is 3.11. The molecule has 0 aliphatic carbocycles. The molecule has 0 amide bonds. The number of nitrogens with two attached hydrogens (primary N) is 1. The monoisotopic (exact) mass is 252 g/mol. The number of hydrogen-bond donors (Lipinski definition) is 1. The average molecular weight is 252 g/mol. The summed E-state index contributed by atoms with van der Waals surface area (Å²) in [6, 6.07) is 0. The molecule has 6 heteroatoms. The highest BCUT2D eigenvalue weighted by atomic mass is 32.1. The predicted molar refractivity (Wildman–Crippen MR) is 70.1 cm³/mol. The zero-order valence-electron chi connectivity index (χ0n) is 9.80. The molecule has 1 fully saturated rings. The number of ether oxygens (including phenoxy) is 1. The second kappa shape index (κ2) is 5.37. The molecule has 1 unspecified atom stereocenters. The highest BCUT2D eigenvalue weighted by molar-refractivity contribution is 7.80. The van der Waals surface area contributed by atoms with E-state index in [0.717, 1.165) is 31.9 Å². The molecule has 0 aromatic carbocycles. The molecule has 0 bridgehead atoms. The Bertz CT molecular complexity index is 395. The van der Waals surface area contributed by atoms with Crippen molar-refractivity contribution in [2.75, 3.05) is 31.7 Å². The van der Waals surface area contributed by atoms with Crippen LogP contribution >= 0.6 is 12.2 Å². The molecule has 1 saturated heterocycles. The summed E-state index contributed by atoms with van der Waals surface area (Å²) in [4.78, 5) is 11.0. The van der Waals surface area contributed by atoms with Crippen molar-refractivity contribution in [1.82, 2.24) is 9.97 Å². The summed E-state index contributed by atoms with van der Waals surface area (Å²) in [5, 5.41) is 0. The average Bonchev–Trinajstić information content (AvgIpc) is 2.78. The minimum Gasteiger partial charge on any atom is -0.388 e. The lowest BCUT2D eigenvalue weighted by Gasteiger charge is -2.16. The van der Waals surface area contributed by atoms with Gasteiger partial charge < -0.3 is 15.4 Å². The van der Waals surface area contributed by atoms with Gasteiger partial charge in [0, 0.05) is 26.1 Å². The zero-order valence-corrected chi connectivity index (χ0v) is 10.6. The summed E-state index contributed by atoms with van der Waals surface area (Å²) >= 11 is 4.84. The molecule has 1 aromatic rings. The summed E-state index contributed by atoms with van der Waals surface area (Å²) in [7, 11) is 1.74. The van der Waals surface area contributed by atoms with Gasteiger partial charge in [0.25, 0.3) is 0 Å². The normalized spacial score (nSPS) is 19.6. The van der Waals surface area contributed by atoms with Crippen LogP contribution in [0.3, 0.4) is 0 Å². The second-order valence-electron chi connectivity index (χ2n) is 4.18. The van der Waals surface area contributed by atoms with E-state index in [-0.39, 0.29) is 4.99 Å². The van der Waals surface area contributed by atoms with Gasteiger partial charge in [-0.1, -0.05) is 12.2 Å². The van der Waals surface area contributed by atoms with Gasteiger partial charge in [-0.05, 0) is 6.42 Å². The third kappa shape index (κ3) is 2.89. The van der Waals surface area contributed by atoms with Gasteiger partial charge in [-0.25, -0.2) is 9.97 Å². The minimum absolute atomic E-state index is 0.280. The molecule has 1 aliphatic heterocycles. The van der Waals surface area contributed by atoms with Crippen LogP contribution in [0.15, 0.2) is 12.4 Å². The Labute approximate surface area is 106 Å². The summed E-state index contributed by atoms with van der Waals surface area (Å²) in [5.74, 6) is 1.46. The minimum atomic E-state index is 0.280. The first-order chi connectivity index (χ1) is 8.20. The molecular formula is C11H16N4OS. The van der Waals surface area contributed by atoms with Gasteiger partial charge in [0.05, 0.1) is 19.0 Å². The SMILES string of the molecule is COCC1CCN(c2cnc(C(N)=S)cn2)C1. The van der Waals surface area contributed by atoms with E-state index in [4.69, 9.17) is 22.7 Å². The molecule has 2 rings (SSSR count). The maximum absolute atomic E-state index is 5.48. The maximum atomic E-state index is 5.48. The van der Waals surface area contributed by atoms with E-state index in [1.54, 1.807) is 19.5 Å². The van der Waals surface area contributed by atoms with Gasteiger partial charge in [-0.3, -0.25) is 0 Å². The van der Waals surface area contributed by atoms with Gasteiger partial charge in [0.15, 0.2) is 0 Å². The van der Waals surface area contributed by atoms with Crippen molar-refractivity contribution in [2.45, 2.75) is 6.42 Å². The van der Waals surface area contributed by atoms with Crippen LogP contribution in [0.4, 0.5) is 5.82 Å². The maximum Gasteiger partial charge on any atom is 0.147 e. The lowest BCUT2D eigenvalue weighted by atomic mass is 10.1. The van der Waals surface area contributed by atoms with Gasteiger partial charge in [-0.2, -0.15) is 0 Å². The highest BCUT2D eigenvalue weighted by Gasteiger charge is 2.23. The Morgan fingerprint density at radius 1 is 1.59 bits per heavy atom. The van der Waals surface area contributed by atoms with Crippen molar-refractivity contribution in [1.29, 1.82) is 0 Å². The Hall–Kier alpha value is -1.27. The number of thiocarbonyl (C=S) groups is 1. The van der Waals surface area contributed by atoms with Gasteiger partial charge in [-0.15, -0.1) is 0 Å². The Morgan fingerprint density at radius 3 is 3.00 bits per heavy atom. The van der Waals surface area contributed by atoms with Crippen LogP contribution in [0.1, 0.15) is 12.1 Å². The van der Waals surface area contributed by atoms with E-state index in [9.17, 15) is 0 Å².